The van der Waals surface area contributed by atoms with Crippen LogP contribution in [-0.4, -0.2) is 28.4 Å². The largest absolute Gasteiger partial charge is 0.439 e. The monoisotopic (exact) mass is 623 g/mol. The van der Waals surface area contributed by atoms with Gasteiger partial charge in [0.25, 0.3) is 0 Å². The molecule has 1 aliphatic rings. The summed E-state index contributed by atoms with van der Waals surface area (Å²) in [7, 11) is 0. The Bertz CT molecular complexity index is 1820. The van der Waals surface area contributed by atoms with Gasteiger partial charge in [-0.1, -0.05) is 94.9 Å². The normalized spacial score (nSPS) is 16.2. The van der Waals surface area contributed by atoms with E-state index in [0.717, 1.165) is 29.9 Å². The van der Waals surface area contributed by atoms with Crippen LogP contribution in [-0.2, 0) is 10.3 Å². The highest BCUT2D eigenvalue weighted by atomic mass is 35.5. The fourth-order valence-electron chi connectivity index (χ4n) is 5.74. The van der Waals surface area contributed by atoms with Crippen LogP contribution < -0.4 is 4.90 Å². The van der Waals surface area contributed by atoms with Gasteiger partial charge in [-0.25, -0.2) is 9.78 Å². The molecule has 9 heteroatoms. The van der Waals surface area contributed by atoms with E-state index in [0.29, 0.717) is 28.2 Å². The molecule has 6 rings (SSSR count). The van der Waals surface area contributed by atoms with Crippen molar-refractivity contribution in [2.45, 2.75) is 26.4 Å². The van der Waals surface area contributed by atoms with Crippen molar-refractivity contribution in [1.82, 2.24) is 9.38 Å². The van der Waals surface area contributed by atoms with E-state index in [-0.39, 0.29) is 25.7 Å². The van der Waals surface area contributed by atoms with Gasteiger partial charge in [-0.2, -0.15) is 0 Å². The number of benzene rings is 3. The van der Waals surface area contributed by atoms with Gasteiger partial charge < -0.3 is 9.64 Å². The molecule has 41 heavy (non-hydrogen) atoms. The number of hydrogen-bond acceptors (Lipinski definition) is 4. The Morgan fingerprint density at radius 2 is 1.51 bits per heavy atom. The second-order valence-electron chi connectivity index (χ2n) is 9.86. The number of cyclic esters (lactones) is 1. The highest BCUT2D eigenvalue weighted by molar-refractivity contribution is 6.53. The van der Waals surface area contributed by atoms with E-state index < -0.39 is 11.6 Å². The van der Waals surface area contributed by atoms with E-state index >= 15 is 0 Å². The van der Waals surface area contributed by atoms with Crippen molar-refractivity contribution in [3.8, 4) is 11.3 Å². The first kappa shape index (κ1) is 27.9. The zero-order chi connectivity index (χ0) is 29.1. The fourth-order valence-corrected chi connectivity index (χ4v) is 6.80. The summed E-state index contributed by atoms with van der Waals surface area (Å²) in [5, 5.41) is 0.134. The highest BCUT2D eigenvalue weighted by Crippen LogP contribution is 2.57. The molecule has 3 heterocycles. The first-order valence-corrected chi connectivity index (χ1v) is 14.7. The Labute approximate surface area is 258 Å². The van der Waals surface area contributed by atoms with E-state index in [1.54, 1.807) is 0 Å². The summed E-state index contributed by atoms with van der Waals surface area (Å²) in [6, 6.07) is 21.6. The maximum Gasteiger partial charge on any atom is 0.341 e. The lowest BCUT2D eigenvalue weighted by Gasteiger charge is -2.32. The average molecular weight is 625 g/mol. The third-order valence-electron chi connectivity index (χ3n) is 7.70. The molecule has 0 radical (unpaired) electrons. The van der Waals surface area contributed by atoms with Crippen LogP contribution in [0.5, 0.6) is 0 Å². The molecule has 1 unspecified atom stereocenters. The number of aryl methyl sites for hydroxylation is 1. The Morgan fingerprint density at radius 1 is 0.854 bits per heavy atom. The number of anilines is 1. The van der Waals surface area contributed by atoms with Crippen molar-refractivity contribution in [1.29, 1.82) is 0 Å². The van der Waals surface area contributed by atoms with Crippen LogP contribution in [0.3, 0.4) is 0 Å². The van der Waals surface area contributed by atoms with Crippen molar-refractivity contribution in [3.05, 3.63) is 121 Å². The van der Waals surface area contributed by atoms with Crippen LogP contribution >= 0.6 is 46.4 Å². The van der Waals surface area contributed by atoms with Crippen LogP contribution in [0, 0.1) is 6.92 Å². The lowest BCUT2D eigenvalue weighted by atomic mass is 9.80. The van der Waals surface area contributed by atoms with Gasteiger partial charge in [0.1, 0.15) is 11.3 Å². The lowest BCUT2D eigenvalue weighted by Crippen LogP contribution is -2.32. The van der Waals surface area contributed by atoms with E-state index in [1.165, 1.54) is 0 Å². The average Bonchev–Trinajstić information content (AvgIpc) is 3.53. The Balaban J connectivity index is 1.79. The minimum atomic E-state index is -1.55. The molecular formula is C32H25Cl4N3O2. The Morgan fingerprint density at radius 3 is 2.17 bits per heavy atom. The Kier molecular flexibility index (Phi) is 7.19. The zero-order valence-electron chi connectivity index (χ0n) is 22.5. The molecule has 0 saturated carbocycles. The second kappa shape index (κ2) is 10.6. The molecule has 5 aromatic rings. The molecule has 3 aromatic carbocycles. The molecule has 0 spiro atoms. The molecule has 0 N–H and O–H groups in total. The second-order valence-corrected chi connectivity index (χ2v) is 11.4. The summed E-state index contributed by atoms with van der Waals surface area (Å²) in [5.41, 5.74) is 4.30. The van der Waals surface area contributed by atoms with Crippen LogP contribution in [0.15, 0.2) is 72.9 Å². The molecule has 208 valence electrons. The van der Waals surface area contributed by atoms with Gasteiger partial charge in [-0.15, -0.1) is 0 Å². The van der Waals surface area contributed by atoms with Gasteiger partial charge >= 0.3 is 5.97 Å². The lowest BCUT2D eigenvalue weighted by molar-refractivity contribution is 0.0239. The molecule has 5 nitrogen and oxygen atoms in total. The summed E-state index contributed by atoms with van der Waals surface area (Å²) < 4.78 is 8.43. The van der Waals surface area contributed by atoms with Gasteiger partial charge in [0.2, 0.25) is 5.60 Å². The third-order valence-corrected chi connectivity index (χ3v) is 9.50. The molecule has 0 saturated heterocycles. The van der Waals surface area contributed by atoms with Crippen LogP contribution in [0.2, 0.25) is 20.1 Å². The van der Waals surface area contributed by atoms with Crippen molar-refractivity contribution in [2.75, 3.05) is 18.0 Å². The highest BCUT2D eigenvalue weighted by Gasteiger charge is 2.55. The SMILES string of the molecule is CCN(CC)c1ccc(C2(c3c(-c4ccccc4)nc4c(C)cccn34)OC(=O)c3c(Cl)c(Cl)c(Cl)c(Cl)c32)cc1. The Hall–Kier alpha value is -3.22. The number of imidazole rings is 1. The predicted octanol–water partition coefficient (Wildman–Crippen LogP) is 9.23. The van der Waals surface area contributed by atoms with E-state index in [2.05, 4.69) is 18.7 Å². The number of carbonyl (C=O) groups excluding carboxylic acids is 1. The number of hydrogen-bond donors (Lipinski definition) is 0. The molecule has 1 aliphatic heterocycles. The molecular weight excluding hydrogens is 600 g/mol. The predicted molar refractivity (Wildman–Crippen MR) is 167 cm³/mol. The molecule has 0 bridgehead atoms. The summed E-state index contributed by atoms with van der Waals surface area (Å²) >= 11 is 26.8. The van der Waals surface area contributed by atoms with Crippen molar-refractivity contribution in [2.24, 2.45) is 0 Å². The fraction of sp³-hybridized carbons (Fsp3) is 0.188. The van der Waals surface area contributed by atoms with Gasteiger partial charge in [-0.3, -0.25) is 4.40 Å². The topological polar surface area (TPSA) is 46.8 Å². The van der Waals surface area contributed by atoms with E-state index in [4.69, 9.17) is 56.1 Å². The molecule has 0 aliphatic carbocycles. The van der Waals surface area contributed by atoms with Gasteiger partial charge in [0.05, 0.1) is 31.3 Å². The van der Waals surface area contributed by atoms with Gasteiger partial charge in [0, 0.05) is 41.7 Å². The number of pyridine rings is 1. The van der Waals surface area contributed by atoms with Crippen LogP contribution in [0.1, 0.15) is 46.6 Å². The number of nitrogens with zero attached hydrogens (tertiary/aromatic N) is 3. The number of halogens is 4. The number of aromatic nitrogens is 2. The molecule has 0 amide bonds. The van der Waals surface area contributed by atoms with Crippen LogP contribution in [0.25, 0.3) is 16.9 Å². The van der Waals surface area contributed by atoms with Crippen LogP contribution in [0.4, 0.5) is 5.69 Å². The van der Waals surface area contributed by atoms with Crippen molar-refractivity contribution >= 4 is 63.7 Å². The quantitative estimate of drug-likeness (QED) is 0.107. The standard InChI is InChI=1S/C32H25Cl4N3O2/c1-4-38(5-2)21-15-13-20(14-16-21)32(23-22(31(40)41-32)24(33)26(35)27(36)25(23)34)29-28(19-11-7-6-8-12-19)37-30-18(3)10-9-17-39(29)30/h6-17H,4-5H2,1-3H3. The maximum atomic E-state index is 13.8. The van der Waals surface area contributed by atoms with Gasteiger partial charge in [0.15, 0.2) is 0 Å². The maximum absolute atomic E-state index is 13.8. The minimum absolute atomic E-state index is 0.000941. The summed E-state index contributed by atoms with van der Waals surface area (Å²) in [4.78, 5) is 21.1. The first-order valence-electron chi connectivity index (χ1n) is 13.2. The zero-order valence-corrected chi connectivity index (χ0v) is 25.5. The molecule has 1 atom stereocenters. The summed E-state index contributed by atoms with van der Waals surface area (Å²) in [6.07, 6.45) is 1.90. The number of fused-ring (bicyclic) bond motifs is 2. The van der Waals surface area contributed by atoms with Crippen molar-refractivity contribution in [3.63, 3.8) is 0 Å². The minimum Gasteiger partial charge on any atom is -0.439 e. The summed E-state index contributed by atoms with van der Waals surface area (Å²) in [5.74, 6) is -0.653. The number of carbonyl (C=O) groups is 1. The van der Waals surface area contributed by atoms with E-state index in [1.807, 2.05) is 84.3 Å². The van der Waals surface area contributed by atoms with E-state index in [9.17, 15) is 4.79 Å². The van der Waals surface area contributed by atoms with Gasteiger partial charge in [-0.05, 0) is 44.5 Å². The first-order chi connectivity index (χ1) is 19.7. The molecule has 0 fully saturated rings. The third kappa shape index (κ3) is 4.13. The number of rotatable bonds is 6. The summed E-state index contributed by atoms with van der Waals surface area (Å²) in [6.45, 7) is 7.89. The number of ether oxygens (including phenoxy) is 1. The molecule has 2 aromatic heterocycles. The van der Waals surface area contributed by atoms with Crippen molar-refractivity contribution < 1.29 is 9.53 Å². The smallest absolute Gasteiger partial charge is 0.341 e. The number of esters is 1.